The van der Waals surface area contributed by atoms with E-state index in [0.717, 1.165) is 31.0 Å². The van der Waals surface area contributed by atoms with Crippen molar-refractivity contribution >= 4 is 0 Å². The summed E-state index contributed by atoms with van der Waals surface area (Å²) < 4.78 is 5.50. The molecule has 16 heavy (non-hydrogen) atoms. The summed E-state index contributed by atoms with van der Waals surface area (Å²) in [7, 11) is 2.04. The molecule has 1 aromatic heterocycles. The molecule has 0 bridgehead atoms. The summed E-state index contributed by atoms with van der Waals surface area (Å²) in [5.74, 6) is 1.97. The summed E-state index contributed by atoms with van der Waals surface area (Å²) in [5.41, 5.74) is -0.284. The average molecular weight is 220 g/mol. The third-order valence-electron chi connectivity index (χ3n) is 2.50. The first-order chi connectivity index (χ1) is 7.43. The molecule has 0 unspecified atom stereocenters. The molecule has 1 rings (SSSR count). The summed E-state index contributed by atoms with van der Waals surface area (Å²) in [6.07, 6.45) is 0.895. The van der Waals surface area contributed by atoms with E-state index in [9.17, 15) is 0 Å². The number of rotatable bonds is 5. The zero-order chi connectivity index (χ0) is 12.2. The van der Waals surface area contributed by atoms with E-state index in [4.69, 9.17) is 9.68 Å². The van der Waals surface area contributed by atoms with Crippen LogP contribution in [0.15, 0.2) is 16.5 Å². The van der Waals surface area contributed by atoms with Crippen molar-refractivity contribution in [3.05, 3.63) is 23.7 Å². The Balaban J connectivity index is 2.36. The van der Waals surface area contributed by atoms with Gasteiger partial charge in [0.05, 0.1) is 11.5 Å². The van der Waals surface area contributed by atoms with Gasteiger partial charge in [0.1, 0.15) is 11.5 Å². The normalized spacial score (nSPS) is 11.8. The van der Waals surface area contributed by atoms with Crippen molar-refractivity contribution in [2.24, 2.45) is 5.41 Å². The van der Waals surface area contributed by atoms with Gasteiger partial charge in [-0.15, -0.1) is 0 Å². The van der Waals surface area contributed by atoms with Crippen molar-refractivity contribution in [2.75, 3.05) is 20.1 Å². The molecule has 0 aliphatic heterocycles. The molecule has 1 aromatic rings. The molecule has 0 aromatic carbocycles. The highest BCUT2D eigenvalue weighted by molar-refractivity contribution is 5.05. The molecule has 0 aliphatic carbocycles. The largest absolute Gasteiger partial charge is 0.466 e. The van der Waals surface area contributed by atoms with Crippen molar-refractivity contribution in [1.82, 2.24) is 4.90 Å². The van der Waals surface area contributed by atoms with E-state index in [0.29, 0.717) is 0 Å². The van der Waals surface area contributed by atoms with Gasteiger partial charge in [-0.2, -0.15) is 5.26 Å². The predicted molar refractivity (Wildman–Crippen MR) is 64.0 cm³/mol. The van der Waals surface area contributed by atoms with Gasteiger partial charge >= 0.3 is 0 Å². The zero-order valence-corrected chi connectivity index (χ0v) is 10.6. The van der Waals surface area contributed by atoms with Crippen molar-refractivity contribution < 1.29 is 4.42 Å². The minimum atomic E-state index is -0.284. The maximum atomic E-state index is 8.94. The van der Waals surface area contributed by atoms with Gasteiger partial charge in [-0.3, -0.25) is 0 Å². The Morgan fingerprint density at radius 2 is 2.12 bits per heavy atom. The molecule has 0 fully saturated rings. The van der Waals surface area contributed by atoms with Crippen molar-refractivity contribution in [1.29, 1.82) is 5.26 Å². The number of aryl methyl sites for hydroxylation is 1. The van der Waals surface area contributed by atoms with Crippen LogP contribution in [0.3, 0.4) is 0 Å². The summed E-state index contributed by atoms with van der Waals surface area (Å²) in [5, 5.41) is 8.94. The molecule has 0 atom stereocenters. The second-order valence-electron chi connectivity index (χ2n) is 5.00. The molecule has 0 aliphatic rings. The first kappa shape index (κ1) is 12.8. The molecule has 3 heteroatoms. The Kier molecular flexibility index (Phi) is 4.14. The van der Waals surface area contributed by atoms with E-state index >= 15 is 0 Å². The highest BCUT2D eigenvalue weighted by atomic mass is 16.3. The van der Waals surface area contributed by atoms with Crippen LogP contribution in [0.25, 0.3) is 0 Å². The number of nitriles is 1. The fourth-order valence-electron chi connectivity index (χ4n) is 1.71. The Morgan fingerprint density at radius 1 is 1.44 bits per heavy atom. The van der Waals surface area contributed by atoms with Gasteiger partial charge in [-0.05, 0) is 40.0 Å². The molecule has 0 saturated carbocycles. The quantitative estimate of drug-likeness (QED) is 0.765. The summed E-state index contributed by atoms with van der Waals surface area (Å²) in [4.78, 5) is 2.17. The van der Waals surface area contributed by atoms with Gasteiger partial charge < -0.3 is 9.32 Å². The first-order valence-corrected chi connectivity index (χ1v) is 5.58. The summed E-state index contributed by atoms with van der Waals surface area (Å²) in [6.45, 7) is 7.56. The Hall–Kier alpha value is -1.27. The Labute approximate surface area is 97.7 Å². The van der Waals surface area contributed by atoms with Gasteiger partial charge in [0.2, 0.25) is 0 Å². The molecule has 0 amide bonds. The van der Waals surface area contributed by atoms with Crippen LogP contribution in [0.2, 0.25) is 0 Å². The lowest BCUT2D eigenvalue weighted by molar-refractivity contribution is 0.253. The summed E-state index contributed by atoms with van der Waals surface area (Å²) in [6, 6.07) is 6.30. The van der Waals surface area contributed by atoms with E-state index in [1.165, 1.54) is 0 Å². The van der Waals surface area contributed by atoms with Crippen molar-refractivity contribution in [2.45, 2.75) is 27.2 Å². The third kappa shape index (κ3) is 4.08. The monoisotopic (exact) mass is 220 g/mol. The lowest BCUT2D eigenvalue weighted by Gasteiger charge is -2.23. The minimum absolute atomic E-state index is 0.284. The molecule has 0 radical (unpaired) electrons. The average Bonchev–Trinajstić information content (AvgIpc) is 2.61. The molecular formula is C13H20N2O. The highest BCUT2D eigenvalue weighted by Gasteiger charge is 2.18. The number of likely N-dealkylation sites (N-methyl/N-ethyl adjacent to an activating group) is 1. The van der Waals surface area contributed by atoms with Crippen LogP contribution >= 0.6 is 0 Å². The number of hydrogen-bond acceptors (Lipinski definition) is 3. The Bertz CT molecular complexity index is 374. The van der Waals surface area contributed by atoms with Crippen LogP contribution in [0.1, 0.15) is 25.4 Å². The van der Waals surface area contributed by atoms with Crippen molar-refractivity contribution in [3.63, 3.8) is 0 Å². The van der Waals surface area contributed by atoms with Crippen LogP contribution in [-0.2, 0) is 6.42 Å². The molecule has 3 nitrogen and oxygen atoms in total. The van der Waals surface area contributed by atoms with E-state index in [1.54, 1.807) is 0 Å². The SMILES string of the molecule is Cc1ccc(CCN(C)CC(C)(C)C#N)o1. The zero-order valence-electron chi connectivity index (χ0n) is 10.6. The second kappa shape index (κ2) is 5.18. The fourth-order valence-corrected chi connectivity index (χ4v) is 1.71. The van der Waals surface area contributed by atoms with Crippen LogP contribution < -0.4 is 0 Å². The predicted octanol–water partition coefficient (Wildman–Crippen LogP) is 2.61. The summed E-state index contributed by atoms with van der Waals surface area (Å²) >= 11 is 0. The van der Waals surface area contributed by atoms with Gasteiger partial charge in [0, 0.05) is 19.5 Å². The lowest BCUT2D eigenvalue weighted by atomic mass is 9.95. The lowest BCUT2D eigenvalue weighted by Crippen LogP contribution is -2.31. The van der Waals surface area contributed by atoms with E-state index in [2.05, 4.69) is 11.0 Å². The number of hydrogen-bond donors (Lipinski definition) is 0. The minimum Gasteiger partial charge on any atom is -0.466 e. The number of furan rings is 1. The molecule has 0 spiro atoms. The van der Waals surface area contributed by atoms with Crippen LogP contribution in [0.4, 0.5) is 0 Å². The third-order valence-corrected chi connectivity index (χ3v) is 2.50. The molecular weight excluding hydrogens is 200 g/mol. The fraction of sp³-hybridized carbons (Fsp3) is 0.615. The van der Waals surface area contributed by atoms with Crippen molar-refractivity contribution in [3.8, 4) is 6.07 Å². The van der Waals surface area contributed by atoms with E-state index in [1.807, 2.05) is 40.0 Å². The van der Waals surface area contributed by atoms with Gasteiger partial charge in [0.25, 0.3) is 0 Å². The van der Waals surface area contributed by atoms with E-state index < -0.39 is 0 Å². The first-order valence-electron chi connectivity index (χ1n) is 5.58. The Morgan fingerprint density at radius 3 is 2.62 bits per heavy atom. The van der Waals surface area contributed by atoms with Gasteiger partial charge in [-0.1, -0.05) is 0 Å². The molecule has 0 N–H and O–H groups in total. The maximum Gasteiger partial charge on any atom is 0.105 e. The second-order valence-corrected chi connectivity index (χ2v) is 5.00. The van der Waals surface area contributed by atoms with Crippen LogP contribution in [0, 0.1) is 23.7 Å². The van der Waals surface area contributed by atoms with E-state index in [-0.39, 0.29) is 5.41 Å². The number of nitrogens with zero attached hydrogens (tertiary/aromatic N) is 2. The van der Waals surface area contributed by atoms with Crippen LogP contribution in [-0.4, -0.2) is 25.0 Å². The molecule has 88 valence electrons. The smallest absolute Gasteiger partial charge is 0.105 e. The molecule has 0 saturated heterocycles. The van der Waals surface area contributed by atoms with Crippen LogP contribution in [0.5, 0.6) is 0 Å². The molecule has 1 heterocycles. The van der Waals surface area contributed by atoms with Gasteiger partial charge in [0.15, 0.2) is 0 Å². The standard InChI is InChI=1S/C13H20N2O/c1-11-5-6-12(16-11)7-8-15(4)10-13(2,3)9-14/h5-6H,7-8,10H2,1-4H3. The topological polar surface area (TPSA) is 40.2 Å². The van der Waals surface area contributed by atoms with Gasteiger partial charge in [-0.25, -0.2) is 0 Å². The highest BCUT2D eigenvalue weighted by Crippen LogP contribution is 2.15. The maximum absolute atomic E-state index is 8.94.